The predicted octanol–water partition coefficient (Wildman–Crippen LogP) is 3.46. The summed E-state index contributed by atoms with van der Waals surface area (Å²) in [6.07, 6.45) is 0. The van der Waals surface area contributed by atoms with E-state index in [9.17, 15) is 19.1 Å². The molecule has 7 nitrogen and oxygen atoms in total. The van der Waals surface area contributed by atoms with Gasteiger partial charge in [0, 0.05) is 17.1 Å². The van der Waals surface area contributed by atoms with Gasteiger partial charge in [-0.05, 0) is 30.3 Å². The van der Waals surface area contributed by atoms with E-state index in [0.717, 1.165) is 6.07 Å². The van der Waals surface area contributed by atoms with Crippen LogP contribution in [0.1, 0.15) is 20.8 Å². The van der Waals surface area contributed by atoms with E-state index in [4.69, 9.17) is 9.84 Å². The highest BCUT2D eigenvalue weighted by Crippen LogP contribution is 2.32. The summed E-state index contributed by atoms with van der Waals surface area (Å²) in [7, 11) is 1.45. The Bertz CT molecular complexity index is 996. The average molecular weight is 344 g/mol. The minimum atomic E-state index is -1.23. The van der Waals surface area contributed by atoms with Crippen LogP contribution < -0.4 is 10.1 Å². The molecule has 2 aromatic carbocycles. The lowest BCUT2D eigenvalue weighted by molar-refractivity contribution is 0.0683. The third kappa shape index (κ3) is 2.97. The number of rotatable bonds is 5. The molecule has 0 bridgehead atoms. The highest BCUT2D eigenvalue weighted by atomic mass is 19.1. The van der Waals surface area contributed by atoms with Crippen LogP contribution in [0.4, 0.5) is 15.8 Å². The van der Waals surface area contributed by atoms with Crippen molar-refractivity contribution >= 4 is 34.2 Å². The number of fused-ring (bicyclic) bond motifs is 1. The molecule has 0 amide bonds. The van der Waals surface area contributed by atoms with Crippen molar-refractivity contribution in [1.82, 2.24) is 4.98 Å². The number of methoxy groups -OCH3 is 1. The molecular weight excluding hydrogens is 331 g/mol. The maximum atomic E-state index is 13.9. The minimum absolute atomic E-state index is 0.00716. The number of aromatic nitrogens is 1. The Hall–Kier alpha value is -3.55. The molecule has 1 heterocycles. The maximum absolute atomic E-state index is 13.9. The van der Waals surface area contributed by atoms with Crippen LogP contribution in [-0.2, 0) is 0 Å². The van der Waals surface area contributed by atoms with Gasteiger partial charge in [-0.1, -0.05) is 0 Å². The number of carbonyl (C=O) groups is 2. The van der Waals surface area contributed by atoms with Gasteiger partial charge in [0.1, 0.15) is 17.3 Å². The third-order valence-electron chi connectivity index (χ3n) is 3.70. The molecule has 0 fully saturated rings. The van der Waals surface area contributed by atoms with Crippen LogP contribution in [0.25, 0.3) is 10.9 Å². The summed E-state index contributed by atoms with van der Waals surface area (Å²) in [5.74, 6) is -2.55. The zero-order valence-corrected chi connectivity index (χ0v) is 13.0. The van der Waals surface area contributed by atoms with E-state index in [-0.39, 0.29) is 27.8 Å². The molecule has 25 heavy (non-hydrogen) atoms. The lowest BCUT2D eigenvalue weighted by Gasteiger charge is -2.12. The Labute approximate surface area is 140 Å². The van der Waals surface area contributed by atoms with Crippen molar-refractivity contribution in [3.8, 4) is 5.75 Å². The first-order chi connectivity index (χ1) is 11.9. The molecule has 128 valence electrons. The van der Waals surface area contributed by atoms with Crippen molar-refractivity contribution in [2.45, 2.75) is 0 Å². The lowest BCUT2D eigenvalue weighted by atomic mass is 10.1. The van der Waals surface area contributed by atoms with Crippen LogP contribution in [0.2, 0.25) is 0 Å². The van der Waals surface area contributed by atoms with E-state index in [1.807, 2.05) is 0 Å². The van der Waals surface area contributed by atoms with Gasteiger partial charge < -0.3 is 25.3 Å². The summed E-state index contributed by atoms with van der Waals surface area (Å²) in [5, 5.41) is 21.6. The molecule has 0 aliphatic rings. The lowest BCUT2D eigenvalue weighted by Crippen LogP contribution is -2.03. The van der Waals surface area contributed by atoms with Crippen molar-refractivity contribution < 1.29 is 28.9 Å². The van der Waals surface area contributed by atoms with E-state index in [0.29, 0.717) is 11.4 Å². The number of ether oxygens (including phenoxy) is 1. The van der Waals surface area contributed by atoms with Crippen LogP contribution in [0, 0.1) is 5.82 Å². The van der Waals surface area contributed by atoms with Crippen molar-refractivity contribution in [3.63, 3.8) is 0 Å². The highest BCUT2D eigenvalue weighted by Gasteiger charge is 2.16. The summed E-state index contributed by atoms with van der Waals surface area (Å²) in [4.78, 5) is 25.0. The second-order valence-electron chi connectivity index (χ2n) is 5.21. The van der Waals surface area contributed by atoms with E-state index in [1.54, 1.807) is 0 Å². The quantitative estimate of drug-likeness (QED) is 0.564. The summed E-state index contributed by atoms with van der Waals surface area (Å²) < 4.78 is 19.0. The van der Waals surface area contributed by atoms with Gasteiger partial charge in [0.15, 0.2) is 0 Å². The fraction of sp³-hybridized carbons (Fsp3) is 0.0588. The molecule has 0 saturated heterocycles. The normalized spacial score (nSPS) is 10.6. The van der Waals surface area contributed by atoms with Crippen molar-refractivity contribution in [1.29, 1.82) is 0 Å². The largest absolute Gasteiger partial charge is 0.497 e. The van der Waals surface area contributed by atoms with Gasteiger partial charge in [-0.15, -0.1) is 0 Å². The zero-order chi connectivity index (χ0) is 18.1. The SMILES string of the molecule is COc1ccc(C(=O)O)c(Nc2ccc(F)c3[nH]c(C(=O)O)cc23)c1. The van der Waals surface area contributed by atoms with Crippen LogP contribution in [-0.4, -0.2) is 34.2 Å². The first-order valence-corrected chi connectivity index (χ1v) is 7.13. The van der Waals surface area contributed by atoms with E-state index in [1.165, 1.54) is 37.4 Å². The minimum Gasteiger partial charge on any atom is -0.497 e. The number of H-pyrrole nitrogens is 1. The average Bonchev–Trinajstić information content (AvgIpc) is 3.04. The zero-order valence-electron chi connectivity index (χ0n) is 13.0. The van der Waals surface area contributed by atoms with Gasteiger partial charge in [-0.3, -0.25) is 0 Å². The first kappa shape index (κ1) is 16.3. The number of aromatic amines is 1. The number of nitrogens with one attached hydrogen (secondary N) is 2. The van der Waals surface area contributed by atoms with Gasteiger partial charge >= 0.3 is 11.9 Å². The third-order valence-corrected chi connectivity index (χ3v) is 3.70. The highest BCUT2D eigenvalue weighted by molar-refractivity contribution is 6.02. The molecule has 1 aromatic heterocycles. The Morgan fingerprint density at radius 1 is 1.08 bits per heavy atom. The molecule has 0 radical (unpaired) electrons. The van der Waals surface area contributed by atoms with Crippen molar-refractivity contribution in [2.24, 2.45) is 0 Å². The summed E-state index contributed by atoms with van der Waals surface area (Å²) in [6, 6.07) is 8.22. The van der Waals surface area contributed by atoms with Crippen molar-refractivity contribution in [2.75, 3.05) is 12.4 Å². The van der Waals surface area contributed by atoms with Gasteiger partial charge in [-0.25, -0.2) is 14.0 Å². The standard InChI is InChI=1S/C17H13FN2O5/c1-25-8-2-3-9(16(21)22)13(6-8)19-12-5-4-11(18)15-10(12)7-14(20-15)17(23)24/h2-7,19-20H,1H3,(H,21,22)(H,23,24). The van der Waals surface area contributed by atoms with Gasteiger partial charge in [0.05, 0.1) is 23.9 Å². The maximum Gasteiger partial charge on any atom is 0.352 e. The second kappa shape index (κ2) is 6.16. The fourth-order valence-corrected chi connectivity index (χ4v) is 2.49. The molecule has 0 spiro atoms. The van der Waals surface area contributed by atoms with Gasteiger partial charge in [0.25, 0.3) is 0 Å². The monoisotopic (exact) mass is 344 g/mol. The summed E-state index contributed by atoms with van der Waals surface area (Å²) in [5.41, 5.74) is 0.426. The van der Waals surface area contributed by atoms with E-state index < -0.39 is 17.8 Å². The van der Waals surface area contributed by atoms with Crippen LogP contribution in [0.5, 0.6) is 5.75 Å². The van der Waals surface area contributed by atoms with E-state index >= 15 is 0 Å². The molecular formula is C17H13FN2O5. The van der Waals surface area contributed by atoms with E-state index in [2.05, 4.69) is 10.3 Å². The smallest absolute Gasteiger partial charge is 0.352 e. The molecule has 0 unspecified atom stereocenters. The molecule has 0 aliphatic heterocycles. The Morgan fingerprint density at radius 2 is 1.84 bits per heavy atom. The topological polar surface area (TPSA) is 112 Å². The molecule has 3 rings (SSSR count). The predicted molar refractivity (Wildman–Crippen MR) is 88.5 cm³/mol. The Balaban J connectivity index is 2.14. The fourth-order valence-electron chi connectivity index (χ4n) is 2.49. The van der Waals surface area contributed by atoms with Gasteiger partial charge in [-0.2, -0.15) is 0 Å². The molecule has 8 heteroatoms. The van der Waals surface area contributed by atoms with Gasteiger partial charge in [0.2, 0.25) is 0 Å². The Kier molecular flexibility index (Phi) is 4.02. The number of carboxylic acid groups (broad SMARTS) is 2. The molecule has 4 N–H and O–H groups in total. The first-order valence-electron chi connectivity index (χ1n) is 7.13. The van der Waals surface area contributed by atoms with Crippen LogP contribution >= 0.6 is 0 Å². The molecule has 0 aliphatic carbocycles. The molecule has 0 atom stereocenters. The Morgan fingerprint density at radius 3 is 2.48 bits per heavy atom. The number of hydrogen-bond donors (Lipinski definition) is 4. The summed E-state index contributed by atoms with van der Waals surface area (Å²) >= 11 is 0. The molecule has 3 aromatic rings. The number of hydrogen-bond acceptors (Lipinski definition) is 4. The number of benzene rings is 2. The van der Waals surface area contributed by atoms with Crippen molar-refractivity contribution in [3.05, 3.63) is 53.5 Å². The second-order valence-corrected chi connectivity index (χ2v) is 5.21. The van der Waals surface area contributed by atoms with Crippen LogP contribution in [0.3, 0.4) is 0 Å². The number of aromatic carboxylic acids is 2. The van der Waals surface area contributed by atoms with Crippen LogP contribution in [0.15, 0.2) is 36.4 Å². The molecule has 0 saturated carbocycles. The number of halogens is 1. The number of anilines is 2. The number of carboxylic acids is 2. The summed E-state index contributed by atoms with van der Waals surface area (Å²) in [6.45, 7) is 0.